The van der Waals surface area contributed by atoms with Gasteiger partial charge in [-0.1, -0.05) is 35.6 Å². The molecule has 0 radical (unpaired) electrons. The summed E-state index contributed by atoms with van der Waals surface area (Å²) in [5.41, 5.74) is 2.85. The topological polar surface area (TPSA) is 53.5 Å². The Balaban J connectivity index is 1.78. The molecule has 2 aromatic carbocycles. The van der Waals surface area contributed by atoms with Crippen molar-refractivity contribution in [3.05, 3.63) is 53.6 Å². The highest BCUT2D eigenvalue weighted by Crippen LogP contribution is 2.33. The third kappa shape index (κ3) is 2.82. The molecule has 0 atom stereocenters. The second-order valence-corrected chi connectivity index (χ2v) is 9.27. The van der Waals surface area contributed by atoms with Crippen LogP contribution in [-0.2, 0) is 23.0 Å². The number of hydrogen-bond acceptors (Lipinski definition) is 5. The highest BCUT2D eigenvalue weighted by molar-refractivity contribution is 7.93. The Hall–Kier alpha value is -1.96. The minimum Gasteiger partial charge on any atom is -0.302 e. The maximum atomic E-state index is 13.2. The smallest absolute Gasteiger partial charge is 0.266 e. The minimum absolute atomic E-state index is 0.403. The van der Waals surface area contributed by atoms with Gasteiger partial charge in [-0.05, 0) is 42.8 Å². The maximum Gasteiger partial charge on any atom is 0.266 e. The normalized spacial score (nSPS) is 15.3. The van der Waals surface area contributed by atoms with E-state index in [0.717, 1.165) is 40.9 Å². The average molecular weight is 374 g/mol. The lowest BCUT2D eigenvalue weighted by molar-refractivity contribution is 0.311. The molecule has 0 saturated carbocycles. The van der Waals surface area contributed by atoms with Gasteiger partial charge in [0.15, 0.2) is 5.13 Å². The lowest BCUT2D eigenvalue weighted by Crippen LogP contribution is -2.31. The van der Waals surface area contributed by atoms with Crippen molar-refractivity contribution < 1.29 is 8.42 Å². The van der Waals surface area contributed by atoms with E-state index in [9.17, 15) is 8.42 Å². The van der Waals surface area contributed by atoms with Crippen LogP contribution in [0.1, 0.15) is 11.1 Å². The van der Waals surface area contributed by atoms with Crippen molar-refractivity contribution in [1.82, 2.24) is 9.88 Å². The highest BCUT2D eigenvalue weighted by Gasteiger charge is 2.29. The van der Waals surface area contributed by atoms with Gasteiger partial charge in [0.1, 0.15) is 0 Å². The van der Waals surface area contributed by atoms with Gasteiger partial charge in [0, 0.05) is 20.1 Å². The molecule has 0 unspecified atom stereocenters. The van der Waals surface area contributed by atoms with E-state index in [1.54, 1.807) is 13.1 Å². The predicted molar refractivity (Wildman–Crippen MR) is 102 cm³/mol. The first-order valence-corrected chi connectivity index (χ1v) is 10.4. The number of hydrogen-bond donors (Lipinski definition) is 0. The molecule has 4 rings (SSSR count). The SMILES string of the molecule is CN1CCc2c(cccc2S(=O)(=O)N(C)c2nc3ccccc3s2)C1. The Morgan fingerprint density at radius 2 is 1.96 bits per heavy atom. The van der Waals surface area contributed by atoms with Crippen LogP contribution >= 0.6 is 11.3 Å². The first-order chi connectivity index (χ1) is 12.0. The van der Waals surface area contributed by atoms with E-state index in [1.165, 1.54) is 15.6 Å². The Morgan fingerprint density at radius 1 is 1.16 bits per heavy atom. The molecule has 130 valence electrons. The summed E-state index contributed by atoms with van der Waals surface area (Å²) in [6, 6.07) is 13.3. The van der Waals surface area contributed by atoms with Crippen LogP contribution in [0.2, 0.25) is 0 Å². The summed E-state index contributed by atoms with van der Waals surface area (Å²) < 4.78 is 28.8. The monoisotopic (exact) mass is 373 g/mol. The van der Waals surface area contributed by atoms with Crippen molar-refractivity contribution in [2.45, 2.75) is 17.9 Å². The Bertz CT molecular complexity index is 1010. The highest BCUT2D eigenvalue weighted by atomic mass is 32.2. The fourth-order valence-electron chi connectivity index (χ4n) is 3.20. The fraction of sp³-hybridized carbons (Fsp3) is 0.278. The molecule has 1 aliphatic heterocycles. The van der Waals surface area contributed by atoms with Gasteiger partial charge in [0.25, 0.3) is 10.0 Å². The largest absolute Gasteiger partial charge is 0.302 e. The van der Waals surface area contributed by atoms with Gasteiger partial charge in [-0.2, -0.15) is 0 Å². The summed E-state index contributed by atoms with van der Waals surface area (Å²) in [7, 11) is 0.00176. The lowest BCUT2D eigenvalue weighted by atomic mass is 10.0. The average Bonchev–Trinajstić information content (AvgIpc) is 3.04. The molecule has 0 amide bonds. The van der Waals surface area contributed by atoms with Crippen LogP contribution in [0.25, 0.3) is 10.2 Å². The van der Waals surface area contributed by atoms with Crippen LogP contribution in [-0.4, -0.2) is 38.9 Å². The molecule has 5 nitrogen and oxygen atoms in total. The predicted octanol–water partition coefficient (Wildman–Crippen LogP) is 3.11. The van der Waals surface area contributed by atoms with Gasteiger partial charge >= 0.3 is 0 Å². The molecule has 3 aromatic rings. The second-order valence-electron chi connectivity index (χ2n) is 6.32. The molecule has 0 fully saturated rings. The number of aromatic nitrogens is 1. The zero-order chi connectivity index (χ0) is 17.6. The molecule has 2 heterocycles. The third-order valence-corrected chi connectivity index (χ3v) is 7.66. The number of thiazole rings is 1. The van der Waals surface area contributed by atoms with Crippen molar-refractivity contribution in [3.8, 4) is 0 Å². The van der Waals surface area contributed by atoms with Crippen LogP contribution in [0.3, 0.4) is 0 Å². The first kappa shape index (κ1) is 16.5. The van der Waals surface area contributed by atoms with Crippen LogP contribution in [0, 0.1) is 0 Å². The number of nitrogens with zero attached hydrogens (tertiary/aromatic N) is 3. The van der Waals surface area contributed by atoms with E-state index in [0.29, 0.717) is 10.0 Å². The summed E-state index contributed by atoms with van der Waals surface area (Å²) in [5, 5.41) is 0.492. The zero-order valence-electron chi connectivity index (χ0n) is 14.1. The van der Waals surface area contributed by atoms with Gasteiger partial charge in [-0.15, -0.1) is 0 Å². The molecule has 0 aliphatic carbocycles. The van der Waals surface area contributed by atoms with Gasteiger partial charge < -0.3 is 4.90 Å². The summed E-state index contributed by atoms with van der Waals surface area (Å²) in [5.74, 6) is 0. The van der Waals surface area contributed by atoms with Crippen molar-refractivity contribution >= 4 is 36.7 Å². The summed E-state index contributed by atoms with van der Waals surface area (Å²) in [6.07, 6.45) is 0.745. The number of benzene rings is 2. The maximum absolute atomic E-state index is 13.2. The molecule has 1 aliphatic rings. The summed E-state index contributed by atoms with van der Waals surface area (Å²) >= 11 is 1.39. The van der Waals surface area contributed by atoms with Crippen LogP contribution in [0.15, 0.2) is 47.4 Å². The van der Waals surface area contributed by atoms with Crippen LogP contribution in [0.5, 0.6) is 0 Å². The van der Waals surface area contributed by atoms with Crippen LogP contribution < -0.4 is 4.31 Å². The van der Waals surface area contributed by atoms with Crippen LogP contribution in [0.4, 0.5) is 5.13 Å². The van der Waals surface area contributed by atoms with Gasteiger partial charge in [-0.25, -0.2) is 17.7 Å². The lowest BCUT2D eigenvalue weighted by Gasteiger charge is -2.27. The van der Waals surface area contributed by atoms with E-state index < -0.39 is 10.0 Å². The molecule has 0 spiro atoms. The van der Waals surface area contributed by atoms with Gasteiger partial charge in [0.05, 0.1) is 15.1 Å². The molecule has 1 aromatic heterocycles. The molecular formula is C18H19N3O2S2. The molecule has 0 saturated heterocycles. The number of anilines is 1. The molecular weight excluding hydrogens is 354 g/mol. The van der Waals surface area contributed by atoms with Crippen molar-refractivity contribution in [3.63, 3.8) is 0 Å². The number of rotatable bonds is 3. The number of para-hydroxylation sites is 1. The second kappa shape index (κ2) is 6.09. The van der Waals surface area contributed by atoms with E-state index in [2.05, 4.69) is 16.9 Å². The third-order valence-electron chi connectivity index (χ3n) is 4.60. The van der Waals surface area contributed by atoms with E-state index >= 15 is 0 Å². The van der Waals surface area contributed by atoms with E-state index in [-0.39, 0.29) is 0 Å². The molecule has 0 N–H and O–H groups in total. The van der Waals surface area contributed by atoms with Gasteiger partial charge in [0.2, 0.25) is 0 Å². The zero-order valence-corrected chi connectivity index (χ0v) is 15.8. The molecule has 7 heteroatoms. The van der Waals surface area contributed by atoms with E-state index in [4.69, 9.17) is 0 Å². The summed E-state index contributed by atoms with van der Waals surface area (Å²) in [6.45, 7) is 1.65. The fourth-order valence-corrected chi connectivity index (χ4v) is 5.78. The molecule has 25 heavy (non-hydrogen) atoms. The number of fused-ring (bicyclic) bond motifs is 2. The standard InChI is InChI=1S/C18H19N3O2S2/c1-20-11-10-14-13(12-20)6-5-9-17(14)25(22,23)21(2)18-19-15-7-3-4-8-16(15)24-18/h3-9H,10-12H2,1-2H3. The van der Waals surface area contributed by atoms with Crippen molar-refractivity contribution in [1.29, 1.82) is 0 Å². The van der Waals surface area contributed by atoms with Crippen molar-refractivity contribution in [2.75, 3.05) is 24.9 Å². The summed E-state index contributed by atoms with van der Waals surface area (Å²) in [4.78, 5) is 7.09. The Morgan fingerprint density at radius 3 is 2.76 bits per heavy atom. The number of sulfonamides is 1. The minimum atomic E-state index is -3.64. The quantitative estimate of drug-likeness (QED) is 0.708. The molecule has 0 bridgehead atoms. The number of likely N-dealkylation sites (N-methyl/N-ethyl adjacent to an activating group) is 1. The Kier molecular flexibility index (Phi) is 4.02. The van der Waals surface area contributed by atoms with Crippen molar-refractivity contribution in [2.24, 2.45) is 0 Å². The van der Waals surface area contributed by atoms with Gasteiger partial charge in [-0.3, -0.25) is 0 Å². The Labute approximate surface area is 151 Å². The first-order valence-electron chi connectivity index (χ1n) is 8.10. The van der Waals surface area contributed by atoms with E-state index in [1.807, 2.05) is 36.4 Å².